The van der Waals surface area contributed by atoms with Crippen molar-refractivity contribution in [2.45, 2.75) is 6.54 Å². The zero-order valence-electron chi connectivity index (χ0n) is 10.4. The fourth-order valence-corrected chi connectivity index (χ4v) is 2.42. The quantitative estimate of drug-likeness (QED) is 0.860. The van der Waals surface area contributed by atoms with Gasteiger partial charge in [0.15, 0.2) is 0 Å². The van der Waals surface area contributed by atoms with Crippen molar-refractivity contribution in [1.29, 1.82) is 0 Å². The highest BCUT2D eigenvalue weighted by Crippen LogP contribution is 2.10. The number of anilines is 1. The Labute approximate surface area is 111 Å². The van der Waals surface area contributed by atoms with Gasteiger partial charge in [-0.25, -0.2) is 4.39 Å². The molecule has 18 heavy (non-hydrogen) atoms. The molecule has 0 atom stereocenters. The maximum atomic E-state index is 13.0. The van der Waals surface area contributed by atoms with Gasteiger partial charge in [-0.05, 0) is 47.6 Å². The normalized spacial score (nSPS) is 10.8. The van der Waals surface area contributed by atoms with Crippen LogP contribution in [0.15, 0.2) is 41.1 Å². The molecule has 4 heteroatoms. The molecule has 0 bridgehead atoms. The van der Waals surface area contributed by atoms with E-state index in [-0.39, 0.29) is 5.82 Å². The van der Waals surface area contributed by atoms with Crippen LogP contribution in [0.3, 0.4) is 0 Å². The first-order valence-corrected chi connectivity index (χ1v) is 6.87. The second kappa shape index (κ2) is 6.52. The molecule has 0 unspecified atom stereocenters. The fourth-order valence-electron chi connectivity index (χ4n) is 1.76. The molecule has 0 aliphatic carbocycles. The first kappa shape index (κ1) is 13.1. The lowest BCUT2D eigenvalue weighted by atomic mass is 10.3. The number of nitrogens with one attached hydrogen (secondary N) is 1. The minimum absolute atomic E-state index is 0.202. The standard InChI is InChI=1S/C14H17FN2S/c1-17(10-12-5-8-18-11-12)7-6-16-14-4-2-3-13(15)9-14/h2-5,8-9,11,16H,6-7,10H2,1H3. The first-order chi connectivity index (χ1) is 8.74. The fraction of sp³-hybridized carbons (Fsp3) is 0.286. The molecule has 2 aromatic rings. The lowest BCUT2D eigenvalue weighted by molar-refractivity contribution is 0.340. The van der Waals surface area contributed by atoms with Crippen LogP contribution in [-0.4, -0.2) is 25.0 Å². The predicted octanol–water partition coefficient (Wildman–Crippen LogP) is 3.43. The van der Waals surface area contributed by atoms with Gasteiger partial charge in [0.1, 0.15) is 5.82 Å². The van der Waals surface area contributed by atoms with E-state index in [0.717, 1.165) is 25.3 Å². The second-order valence-electron chi connectivity index (χ2n) is 4.31. The van der Waals surface area contributed by atoms with Crippen LogP contribution in [0, 0.1) is 5.82 Å². The molecule has 0 spiro atoms. The number of hydrogen-bond acceptors (Lipinski definition) is 3. The number of hydrogen-bond donors (Lipinski definition) is 1. The van der Waals surface area contributed by atoms with Crippen molar-refractivity contribution in [3.05, 3.63) is 52.5 Å². The number of thiophene rings is 1. The maximum absolute atomic E-state index is 13.0. The molecule has 2 nitrogen and oxygen atoms in total. The second-order valence-corrected chi connectivity index (χ2v) is 5.09. The summed E-state index contributed by atoms with van der Waals surface area (Å²) >= 11 is 1.72. The Bertz CT molecular complexity index is 470. The SMILES string of the molecule is CN(CCNc1cccc(F)c1)Cc1ccsc1. The lowest BCUT2D eigenvalue weighted by Crippen LogP contribution is -2.24. The Hall–Kier alpha value is -1.39. The number of benzene rings is 1. The molecule has 0 saturated heterocycles. The Morgan fingerprint density at radius 1 is 1.33 bits per heavy atom. The van der Waals surface area contributed by atoms with Gasteiger partial charge < -0.3 is 10.2 Å². The van der Waals surface area contributed by atoms with Crippen LogP contribution in [0.5, 0.6) is 0 Å². The van der Waals surface area contributed by atoms with Crippen LogP contribution < -0.4 is 5.32 Å². The van der Waals surface area contributed by atoms with Gasteiger partial charge in [-0.1, -0.05) is 6.07 Å². The summed E-state index contributed by atoms with van der Waals surface area (Å²) in [5, 5.41) is 7.47. The summed E-state index contributed by atoms with van der Waals surface area (Å²) in [7, 11) is 2.09. The van der Waals surface area contributed by atoms with Crippen molar-refractivity contribution in [3.8, 4) is 0 Å². The molecule has 1 aromatic heterocycles. The molecule has 1 aromatic carbocycles. The van der Waals surface area contributed by atoms with E-state index in [4.69, 9.17) is 0 Å². The van der Waals surface area contributed by atoms with Crippen molar-refractivity contribution in [2.24, 2.45) is 0 Å². The van der Waals surface area contributed by atoms with Crippen LogP contribution >= 0.6 is 11.3 Å². The smallest absolute Gasteiger partial charge is 0.125 e. The largest absolute Gasteiger partial charge is 0.384 e. The summed E-state index contributed by atoms with van der Waals surface area (Å²) in [5.41, 5.74) is 2.17. The highest BCUT2D eigenvalue weighted by molar-refractivity contribution is 7.07. The average molecular weight is 264 g/mol. The van der Waals surface area contributed by atoms with E-state index in [0.29, 0.717) is 0 Å². The molecule has 2 rings (SSSR count). The first-order valence-electron chi connectivity index (χ1n) is 5.93. The maximum Gasteiger partial charge on any atom is 0.125 e. The monoisotopic (exact) mass is 264 g/mol. The van der Waals surface area contributed by atoms with Crippen LogP contribution in [-0.2, 0) is 6.54 Å². The molecule has 0 saturated carbocycles. The van der Waals surface area contributed by atoms with Gasteiger partial charge in [-0.3, -0.25) is 0 Å². The van der Waals surface area contributed by atoms with Crippen LogP contribution in [0.2, 0.25) is 0 Å². The van der Waals surface area contributed by atoms with Gasteiger partial charge in [0.2, 0.25) is 0 Å². The third kappa shape index (κ3) is 4.13. The number of nitrogens with zero attached hydrogens (tertiary/aromatic N) is 1. The molecule has 0 aliphatic heterocycles. The minimum Gasteiger partial charge on any atom is -0.384 e. The van der Waals surface area contributed by atoms with Crippen molar-refractivity contribution in [1.82, 2.24) is 4.90 Å². The average Bonchev–Trinajstić information content (AvgIpc) is 2.82. The summed E-state index contributed by atoms with van der Waals surface area (Å²) in [4.78, 5) is 2.24. The van der Waals surface area contributed by atoms with E-state index in [9.17, 15) is 4.39 Å². The van der Waals surface area contributed by atoms with E-state index in [1.165, 1.54) is 17.7 Å². The zero-order valence-corrected chi connectivity index (χ0v) is 11.2. The van der Waals surface area contributed by atoms with E-state index in [1.807, 2.05) is 6.07 Å². The molecule has 1 N–H and O–H groups in total. The predicted molar refractivity (Wildman–Crippen MR) is 75.5 cm³/mol. The van der Waals surface area contributed by atoms with Crippen LogP contribution in [0.1, 0.15) is 5.56 Å². The van der Waals surface area contributed by atoms with Crippen LogP contribution in [0.25, 0.3) is 0 Å². The lowest BCUT2D eigenvalue weighted by Gasteiger charge is -2.16. The number of halogens is 1. The molecule has 0 fully saturated rings. The summed E-state index contributed by atoms with van der Waals surface area (Å²) in [6, 6.07) is 8.70. The number of likely N-dealkylation sites (N-methyl/N-ethyl adjacent to an activating group) is 1. The molecular formula is C14H17FN2S. The van der Waals surface area contributed by atoms with Gasteiger partial charge in [0.05, 0.1) is 0 Å². The van der Waals surface area contributed by atoms with E-state index < -0.39 is 0 Å². The Morgan fingerprint density at radius 3 is 2.94 bits per heavy atom. The highest BCUT2D eigenvalue weighted by Gasteiger charge is 2.00. The van der Waals surface area contributed by atoms with Crippen molar-refractivity contribution in [3.63, 3.8) is 0 Å². The summed E-state index contributed by atoms with van der Waals surface area (Å²) in [5.74, 6) is -0.202. The van der Waals surface area contributed by atoms with Crippen molar-refractivity contribution in [2.75, 3.05) is 25.5 Å². The third-order valence-corrected chi connectivity index (χ3v) is 3.41. The van der Waals surface area contributed by atoms with Crippen LogP contribution in [0.4, 0.5) is 10.1 Å². The molecule has 0 radical (unpaired) electrons. The van der Waals surface area contributed by atoms with Gasteiger partial charge in [-0.2, -0.15) is 11.3 Å². The molecular weight excluding hydrogens is 247 g/mol. The zero-order chi connectivity index (χ0) is 12.8. The third-order valence-electron chi connectivity index (χ3n) is 2.68. The van der Waals surface area contributed by atoms with Gasteiger partial charge in [0, 0.05) is 25.3 Å². The topological polar surface area (TPSA) is 15.3 Å². The van der Waals surface area contributed by atoms with Crippen molar-refractivity contribution < 1.29 is 4.39 Å². The van der Waals surface area contributed by atoms with E-state index in [1.54, 1.807) is 17.4 Å². The summed E-state index contributed by atoms with van der Waals surface area (Å²) in [6.45, 7) is 2.69. The molecule has 1 heterocycles. The molecule has 96 valence electrons. The van der Waals surface area contributed by atoms with Crippen molar-refractivity contribution >= 4 is 17.0 Å². The summed E-state index contributed by atoms with van der Waals surface area (Å²) in [6.07, 6.45) is 0. The van der Waals surface area contributed by atoms with E-state index >= 15 is 0 Å². The summed E-state index contributed by atoms with van der Waals surface area (Å²) < 4.78 is 13.0. The number of rotatable bonds is 6. The Kier molecular flexibility index (Phi) is 4.73. The molecule has 0 amide bonds. The van der Waals surface area contributed by atoms with Gasteiger partial charge in [-0.15, -0.1) is 0 Å². The molecule has 0 aliphatic rings. The minimum atomic E-state index is -0.202. The highest BCUT2D eigenvalue weighted by atomic mass is 32.1. The Morgan fingerprint density at radius 2 is 2.22 bits per heavy atom. The van der Waals surface area contributed by atoms with Gasteiger partial charge in [0.25, 0.3) is 0 Å². The Balaban J connectivity index is 1.72. The van der Waals surface area contributed by atoms with E-state index in [2.05, 4.69) is 34.1 Å². The van der Waals surface area contributed by atoms with Gasteiger partial charge >= 0.3 is 0 Å².